The summed E-state index contributed by atoms with van der Waals surface area (Å²) in [6.07, 6.45) is 0. The van der Waals surface area contributed by atoms with Gasteiger partial charge >= 0.3 is 0 Å². The molecular weight excluding hydrogens is 273 g/mol. The van der Waals surface area contributed by atoms with Crippen molar-refractivity contribution in [3.8, 4) is 10.4 Å². The molecule has 0 unspecified atom stereocenters. The molecule has 0 radical (unpaired) electrons. The fourth-order valence-corrected chi connectivity index (χ4v) is 3.15. The normalized spacial score (nSPS) is 11.7. The third-order valence-corrected chi connectivity index (χ3v) is 4.36. The second kappa shape index (κ2) is 5.02. The van der Waals surface area contributed by atoms with E-state index in [1.165, 1.54) is 23.5 Å². The first-order valence-electron chi connectivity index (χ1n) is 6.41. The number of carbonyl (C=O) groups excluding carboxylic acids is 1. The van der Waals surface area contributed by atoms with Crippen molar-refractivity contribution >= 4 is 22.1 Å². The van der Waals surface area contributed by atoms with Gasteiger partial charge < -0.3 is 5.73 Å². The van der Waals surface area contributed by atoms with Crippen LogP contribution in [0, 0.1) is 18.2 Å². The van der Waals surface area contributed by atoms with Gasteiger partial charge in [-0.2, -0.15) is 0 Å². The number of nitrogens with two attached hydrogens (primary N) is 1. The van der Waals surface area contributed by atoms with Crippen molar-refractivity contribution < 1.29 is 9.18 Å². The van der Waals surface area contributed by atoms with Gasteiger partial charge in [0.25, 0.3) is 0 Å². The van der Waals surface area contributed by atoms with E-state index in [1.807, 2.05) is 27.7 Å². The molecule has 0 fully saturated rings. The Morgan fingerprint density at radius 2 is 1.75 bits per heavy atom. The molecule has 1 aromatic carbocycles. The van der Waals surface area contributed by atoms with E-state index in [0.29, 0.717) is 10.6 Å². The van der Waals surface area contributed by atoms with Crippen molar-refractivity contribution in [2.45, 2.75) is 27.7 Å². The molecule has 2 rings (SSSR count). The highest BCUT2D eigenvalue weighted by Crippen LogP contribution is 2.40. The van der Waals surface area contributed by atoms with Crippen molar-refractivity contribution in [1.29, 1.82) is 0 Å². The Labute approximate surface area is 122 Å². The summed E-state index contributed by atoms with van der Waals surface area (Å²) >= 11 is 1.38. The lowest BCUT2D eigenvalue weighted by Crippen LogP contribution is -2.21. The number of Topliss-reactive ketones (excluding diaryl/α,β-unsaturated/α-hetero) is 1. The number of thiophene rings is 1. The van der Waals surface area contributed by atoms with Crippen LogP contribution >= 0.6 is 11.3 Å². The number of benzene rings is 1. The molecule has 2 N–H and O–H groups in total. The number of anilines is 1. The first-order valence-corrected chi connectivity index (χ1v) is 7.23. The average molecular weight is 291 g/mol. The molecule has 20 heavy (non-hydrogen) atoms. The summed E-state index contributed by atoms with van der Waals surface area (Å²) in [6, 6.07) is 6.24. The van der Waals surface area contributed by atoms with Crippen molar-refractivity contribution in [3.63, 3.8) is 0 Å². The summed E-state index contributed by atoms with van der Waals surface area (Å²) in [5.41, 5.74) is 7.91. The fourth-order valence-electron chi connectivity index (χ4n) is 2.07. The van der Waals surface area contributed by atoms with Crippen LogP contribution in [0.1, 0.15) is 36.7 Å². The zero-order valence-corrected chi connectivity index (χ0v) is 12.9. The Morgan fingerprint density at radius 3 is 2.25 bits per heavy atom. The first-order chi connectivity index (χ1) is 9.21. The quantitative estimate of drug-likeness (QED) is 0.817. The highest BCUT2D eigenvalue weighted by Gasteiger charge is 2.29. The summed E-state index contributed by atoms with van der Waals surface area (Å²) in [4.78, 5) is 13.4. The molecule has 0 spiro atoms. The molecule has 0 atom stereocenters. The van der Waals surface area contributed by atoms with Crippen LogP contribution in [0.5, 0.6) is 0 Å². The minimum absolute atomic E-state index is 0.0390. The smallest absolute Gasteiger partial charge is 0.171 e. The number of hydrogen-bond acceptors (Lipinski definition) is 3. The van der Waals surface area contributed by atoms with E-state index < -0.39 is 5.41 Å². The summed E-state index contributed by atoms with van der Waals surface area (Å²) in [7, 11) is 0. The van der Waals surface area contributed by atoms with Gasteiger partial charge in [-0.15, -0.1) is 11.3 Å². The summed E-state index contributed by atoms with van der Waals surface area (Å²) in [5.74, 6) is -0.237. The van der Waals surface area contributed by atoms with Crippen LogP contribution < -0.4 is 5.73 Å². The van der Waals surface area contributed by atoms with E-state index in [0.717, 1.165) is 16.0 Å². The third-order valence-electron chi connectivity index (χ3n) is 3.19. The second-order valence-corrected chi connectivity index (χ2v) is 6.93. The minimum Gasteiger partial charge on any atom is -0.390 e. The van der Waals surface area contributed by atoms with Crippen LogP contribution in [-0.2, 0) is 0 Å². The molecule has 1 heterocycles. The van der Waals surface area contributed by atoms with E-state index in [9.17, 15) is 9.18 Å². The maximum atomic E-state index is 13.0. The van der Waals surface area contributed by atoms with Crippen molar-refractivity contribution in [2.24, 2.45) is 5.41 Å². The van der Waals surface area contributed by atoms with Gasteiger partial charge in [0.05, 0.1) is 10.6 Å². The topological polar surface area (TPSA) is 43.1 Å². The molecule has 2 aromatic rings. The lowest BCUT2D eigenvalue weighted by atomic mass is 9.85. The van der Waals surface area contributed by atoms with E-state index in [-0.39, 0.29) is 11.6 Å². The minimum atomic E-state index is -0.472. The summed E-state index contributed by atoms with van der Waals surface area (Å²) in [5, 5.41) is 0.529. The molecule has 0 aliphatic carbocycles. The van der Waals surface area contributed by atoms with Crippen LogP contribution in [0.25, 0.3) is 10.4 Å². The molecule has 0 saturated carbocycles. The number of hydrogen-bond donors (Lipinski definition) is 1. The van der Waals surface area contributed by atoms with E-state index in [2.05, 4.69) is 0 Å². The highest BCUT2D eigenvalue weighted by molar-refractivity contribution is 7.19. The van der Waals surface area contributed by atoms with Gasteiger partial charge in [-0.25, -0.2) is 4.39 Å². The van der Waals surface area contributed by atoms with Gasteiger partial charge in [0.15, 0.2) is 5.78 Å². The summed E-state index contributed by atoms with van der Waals surface area (Å²) in [6.45, 7) is 7.53. The molecule has 1 aromatic heterocycles. The standard InChI is InChI=1S/C16H18FNOS/c1-9-12(14(19)16(2,3)4)15(18)20-13(9)10-5-7-11(17)8-6-10/h5-8H,18H2,1-4H3. The number of nitrogen functional groups attached to an aromatic ring is 1. The lowest BCUT2D eigenvalue weighted by Gasteiger charge is -2.17. The lowest BCUT2D eigenvalue weighted by molar-refractivity contribution is 0.0859. The van der Waals surface area contributed by atoms with Crippen LogP contribution in [-0.4, -0.2) is 5.78 Å². The predicted molar refractivity (Wildman–Crippen MR) is 82.6 cm³/mol. The van der Waals surface area contributed by atoms with Crippen LogP contribution in [0.15, 0.2) is 24.3 Å². The fraction of sp³-hybridized carbons (Fsp3) is 0.312. The Morgan fingerprint density at radius 1 is 1.20 bits per heavy atom. The summed E-state index contributed by atoms with van der Waals surface area (Å²) < 4.78 is 13.0. The van der Waals surface area contributed by atoms with Crippen molar-refractivity contribution in [2.75, 3.05) is 5.73 Å². The molecule has 2 nitrogen and oxygen atoms in total. The number of ketones is 1. The Hall–Kier alpha value is -1.68. The average Bonchev–Trinajstić information content (AvgIpc) is 2.64. The van der Waals surface area contributed by atoms with Crippen molar-refractivity contribution in [1.82, 2.24) is 0 Å². The van der Waals surface area contributed by atoms with Gasteiger partial charge in [-0.05, 0) is 30.2 Å². The monoisotopic (exact) mass is 291 g/mol. The van der Waals surface area contributed by atoms with E-state index >= 15 is 0 Å². The van der Waals surface area contributed by atoms with Crippen LogP contribution in [0.4, 0.5) is 9.39 Å². The van der Waals surface area contributed by atoms with E-state index in [1.54, 1.807) is 12.1 Å². The Bertz CT molecular complexity index is 650. The molecule has 0 aliphatic heterocycles. The van der Waals surface area contributed by atoms with Gasteiger partial charge in [-0.3, -0.25) is 4.79 Å². The molecular formula is C16H18FNOS. The molecule has 0 aliphatic rings. The van der Waals surface area contributed by atoms with Gasteiger partial charge in [0.1, 0.15) is 5.82 Å². The van der Waals surface area contributed by atoms with Gasteiger partial charge in [-0.1, -0.05) is 32.9 Å². The second-order valence-electron chi connectivity index (χ2n) is 5.88. The van der Waals surface area contributed by atoms with Crippen LogP contribution in [0.2, 0.25) is 0 Å². The molecule has 0 bridgehead atoms. The SMILES string of the molecule is Cc1c(-c2ccc(F)cc2)sc(N)c1C(=O)C(C)(C)C. The highest BCUT2D eigenvalue weighted by atomic mass is 32.1. The third kappa shape index (κ3) is 2.61. The molecule has 0 saturated heterocycles. The maximum Gasteiger partial charge on any atom is 0.171 e. The number of rotatable bonds is 2. The zero-order chi connectivity index (χ0) is 15.1. The van der Waals surface area contributed by atoms with E-state index in [4.69, 9.17) is 5.73 Å². The molecule has 106 valence electrons. The largest absolute Gasteiger partial charge is 0.390 e. The molecule has 4 heteroatoms. The van der Waals surface area contributed by atoms with Crippen molar-refractivity contribution in [3.05, 3.63) is 41.2 Å². The Balaban J connectivity index is 2.54. The van der Waals surface area contributed by atoms with Gasteiger partial charge in [0, 0.05) is 10.3 Å². The van der Waals surface area contributed by atoms with Gasteiger partial charge in [0.2, 0.25) is 0 Å². The zero-order valence-electron chi connectivity index (χ0n) is 12.1. The maximum absolute atomic E-state index is 13.0. The Kier molecular flexibility index (Phi) is 3.69. The van der Waals surface area contributed by atoms with Crippen LogP contribution in [0.3, 0.4) is 0 Å². The number of carbonyl (C=O) groups is 1. The molecule has 0 amide bonds. The first kappa shape index (κ1) is 14.7. The predicted octanol–water partition coefficient (Wildman–Crippen LogP) is 4.67. The number of halogens is 1.